The third kappa shape index (κ3) is 7.42. The van der Waals surface area contributed by atoms with Crippen LogP contribution in [-0.2, 0) is 28.0 Å². The van der Waals surface area contributed by atoms with Gasteiger partial charge in [0.05, 0.1) is 11.3 Å². The number of halogens is 3. The second kappa shape index (κ2) is 15.6. The van der Waals surface area contributed by atoms with Crippen LogP contribution in [0.1, 0.15) is 69.5 Å². The maximum Gasteiger partial charge on any atom is 0.301 e. The molecule has 5 aromatic rings. The van der Waals surface area contributed by atoms with Gasteiger partial charge >= 0.3 is 10.2 Å². The summed E-state index contributed by atoms with van der Waals surface area (Å²) in [4.78, 5) is 50.7. The van der Waals surface area contributed by atoms with Crippen molar-refractivity contribution in [3.63, 3.8) is 0 Å². The minimum absolute atomic E-state index is 0.00572. The summed E-state index contributed by atoms with van der Waals surface area (Å²) in [5.41, 5.74) is 4.81. The number of nitrogens with one attached hydrogen (secondary N) is 3. The Morgan fingerprint density at radius 2 is 1.78 bits per heavy atom. The molecule has 0 saturated carbocycles. The highest BCUT2D eigenvalue weighted by Crippen LogP contribution is 2.35. The van der Waals surface area contributed by atoms with Crippen LogP contribution in [0.2, 0.25) is 0 Å². The van der Waals surface area contributed by atoms with Gasteiger partial charge in [-0.15, -0.1) is 0 Å². The number of hydrogen-bond donors (Lipinski definition) is 3. The fraction of sp³-hybridized carbons (Fsp3) is 0.318. The van der Waals surface area contributed by atoms with E-state index in [9.17, 15) is 27.2 Å². The van der Waals surface area contributed by atoms with Gasteiger partial charge in [0.1, 0.15) is 23.7 Å². The van der Waals surface area contributed by atoms with Gasteiger partial charge in [0.15, 0.2) is 5.82 Å². The molecule has 0 radical (unpaired) electrons. The van der Waals surface area contributed by atoms with E-state index in [1.54, 1.807) is 17.2 Å². The Bertz CT molecular complexity index is 2680. The molecule has 3 fully saturated rings. The van der Waals surface area contributed by atoms with E-state index in [0.717, 1.165) is 65.6 Å². The summed E-state index contributed by atoms with van der Waals surface area (Å²) in [5, 5.41) is 3.12. The van der Waals surface area contributed by atoms with Gasteiger partial charge in [-0.2, -0.15) is 12.7 Å². The van der Waals surface area contributed by atoms with Crippen molar-refractivity contribution in [2.24, 2.45) is 5.92 Å². The SMILES string of the molecule is C=C1CCC(N2Cc3cc(N4CC(CCCc5ccc(-c6cnc7[nH]cc(C(=O)c8c(F)ccc(NS(=O)(=O)N9CC[C@@H](F)C9)c8F)c7c6)cc5)C4)ccc3C2=O)C(=O)N1. The standard InChI is InChI=1S/C44H42F3N7O5S/c1-25-5-14-38(43(56)50-25)54-23-30-17-32(10-11-33(30)44(54)57)52-21-27(22-52)4-2-3-26-6-8-28(9-7-26)29-18-34-35(20-49-42(34)48-19-29)41(55)39-36(46)12-13-37(40(39)47)51-60(58,59)53-16-15-31(45)24-53/h6-13,17-20,27,31,38,51H,1-5,14-16,21-24H2,(H,48,49)(H,50,56)/t31-,38?/m1/s1. The third-order valence-corrected chi connectivity index (χ3v) is 13.6. The minimum atomic E-state index is -4.35. The highest BCUT2D eigenvalue weighted by Gasteiger charge is 2.39. The smallest absolute Gasteiger partial charge is 0.301 e. The number of alkyl halides is 1. The van der Waals surface area contributed by atoms with Gasteiger partial charge in [0.2, 0.25) is 11.7 Å². The van der Waals surface area contributed by atoms with Crippen molar-refractivity contribution >= 4 is 50.2 Å². The number of aromatic nitrogens is 2. The maximum atomic E-state index is 15.7. The summed E-state index contributed by atoms with van der Waals surface area (Å²) in [6, 6.07) is 16.9. The first-order valence-electron chi connectivity index (χ1n) is 20.0. The molecule has 310 valence electrons. The molecule has 3 aromatic carbocycles. The largest absolute Gasteiger partial charge is 0.371 e. The Labute approximate surface area is 344 Å². The summed E-state index contributed by atoms with van der Waals surface area (Å²) in [5.74, 6) is -3.26. The molecule has 3 N–H and O–H groups in total. The van der Waals surface area contributed by atoms with E-state index in [0.29, 0.717) is 53.2 Å². The highest BCUT2D eigenvalue weighted by molar-refractivity contribution is 7.90. The number of piperidine rings is 1. The number of pyridine rings is 1. The number of amides is 2. The molecule has 2 amide bonds. The van der Waals surface area contributed by atoms with Gasteiger partial charge in [-0.05, 0) is 97.5 Å². The predicted molar refractivity (Wildman–Crippen MR) is 220 cm³/mol. The zero-order valence-corrected chi connectivity index (χ0v) is 33.3. The molecule has 16 heteroatoms. The van der Waals surface area contributed by atoms with E-state index in [1.807, 2.05) is 41.1 Å². The van der Waals surface area contributed by atoms with Gasteiger partial charge < -0.3 is 20.1 Å². The number of ketones is 1. The molecule has 0 bridgehead atoms. The van der Waals surface area contributed by atoms with Crippen LogP contribution in [0.4, 0.5) is 24.5 Å². The number of benzene rings is 3. The van der Waals surface area contributed by atoms with Crippen LogP contribution in [-0.4, -0.2) is 83.6 Å². The first kappa shape index (κ1) is 39.5. The lowest BCUT2D eigenvalue weighted by atomic mass is 9.91. The number of rotatable bonds is 12. The topological polar surface area (TPSA) is 148 Å². The lowest BCUT2D eigenvalue weighted by Crippen LogP contribution is -2.49. The van der Waals surface area contributed by atoms with Crippen molar-refractivity contribution in [3.8, 4) is 11.1 Å². The van der Waals surface area contributed by atoms with Gasteiger partial charge in [-0.25, -0.2) is 18.2 Å². The molecule has 2 aromatic heterocycles. The van der Waals surface area contributed by atoms with E-state index in [-0.39, 0.29) is 36.9 Å². The van der Waals surface area contributed by atoms with Gasteiger partial charge in [-0.1, -0.05) is 30.8 Å². The molecule has 60 heavy (non-hydrogen) atoms. The van der Waals surface area contributed by atoms with Crippen molar-refractivity contribution in [2.45, 2.75) is 57.3 Å². The van der Waals surface area contributed by atoms with Crippen LogP contribution in [0.5, 0.6) is 0 Å². The molecule has 6 heterocycles. The fourth-order valence-corrected chi connectivity index (χ4v) is 9.96. The number of anilines is 2. The number of nitrogens with zero attached hydrogens (tertiary/aromatic N) is 4. The van der Waals surface area contributed by atoms with Crippen molar-refractivity contribution in [1.29, 1.82) is 0 Å². The summed E-state index contributed by atoms with van der Waals surface area (Å²) >= 11 is 0. The molecule has 1 unspecified atom stereocenters. The normalized spacial score (nSPS) is 19.8. The molecule has 12 nitrogen and oxygen atoms in total. The lowest BCUT2D eigenvalue weighted by molar-refractivity contribution is -0.126. The van der Waals surface area contributed by atoms with Crippen molar-refractivity contribution in [3.05, 3.63) is 125 Å². The van der Waals surface area contributed by atoms with Crippen LogP contribution >= 0.6 is 0 Å². The Morgan fingerprint density at radius 3 is 2.53 bits per heavy atom. The average molecular weight is 838 g/mol. The number of aryl methyl sites for hydroxylation is 1. The highest BCUT2D eigenvalue weighted by atomic mass is 32.2. The molecular formula is C44H42F3N7O5S. The molecule has 9 rings (SSSR count). The molecule has 0 aliphatic carbocycles. The first-order valence-corrected chi connectivity index (χ1v) is 21.5. The summed E-state index contributed by atoms with van der Waals surface area (Å²) in [6.45, 7) is 5.66. The first-order chi connectivity index (χ1) is 28.8. The van der Waals surface area contributed by atoms with Crippen molar-refractivity contribution < 1.29 is 36.0 Å². The minimum Gasteiger partial charge on any atom is -0.371 e. The van der Waals surface area contributed by atoms with E-state index >= 15 is 8.78 Å². The number of carbonyl (C=O) groups excluding carboxylic acids is 3. The van der Waals surface area contributed by atoms with E-state index in [1.165, 1.54) is 11.8 Å². The number of carbonyl (C=O) groups is 3. The van der Waals surface area contributed by atoms with Crippen LogP contribution in [0.15, 0.2) is 85.3 Å². The lowest BCUT2D eigenvalue weighted by Gasteiger charge is -2.41. The van der Waals surface area contributed by atoms with Crippen LogP contribution in [0, 0.1) is 17.6 Å². The predicted octanol–water partition coefficient (Wildman–Crippen LogP) is 6.65. The zero-order chi connectivity index (χ0) is 41.9. The number of hydrogen-bond acceptors (Lipinski definition) is 7. The number of allylic oxidation sites excluding steroid dienone is 1. The van der Waals surface area contributed by atoms with Crippen LogP contribution < -0.4 is 14.9 Å². The number of H-pyrrole nitrogens is 1. The summed E-state index contributed by atoms with van der Waals surface area (Å²) in [7, 11) is -4.35. The zero-order valence-electron chi connectivity index (χ0n) is 32.5. The average Bonchev–Trinajstić information content (AvgIpc) is 3.94. The molecule has 0 spiro atoms. The molecule has 4 aliphatic rings. The Kier molecular flexibility index (Phi) is 10.2. The quantitative estimate of drug-likeness (QED) is 0.119. The van der Waals surface area contributed by atoms with Gasteiger partial charge in [0, 0.05) is 78.6 Å². The molecule has 2 atom stereocenters. The van der Waals surface area contributed by atoms with Gasteiger partial charge in [0.25, 0.3) is 5.91 Å². The monoisotopic (exact) mass is 837 g/mol. The van der Waals surface area contributed by atoms with Crippen molar-refractivity contribution in [1.82, 2.24) is 24.5 Å². The molecular weight excluding hydrogens is 796 g/mol. The third-order valence-electron chi connectivity index (χ3n) is 12.1. The van der Waals surface area contributed by atoms with Crippen molar-refractivity contribution in [2.75, 3.05) is 35.8 Å². The molecule has 3 saturated heterocycles. The Balaban J connectivity index is 0.801. The van der Waals surface area contributed by atoms with Crippen LogP contribution in [0.3, 0.4) is 0 Å². The maximum absolute atomic E-state index is 15.7. The van der Waals surface area contributed by atoms with Gasteiger partial charge in [-0.3, -0.25) is 19.1 Å². The Hall–Kier alpha value is -6.00. The van der Waals surface area contributed by atoms with Crippen LogP contribution in [0.25, 0.3) is 22.2 Å². The second-order valence-electron chi connectivity index (χ2n) is 16.1. The summed E-state index contributed by atoms with van der Waals surface area (Å²) < 4.78 is 72.8. The van der Waals surface area contributed by atoms with E-state index in [2.05, 4.69) is 32.8 Å². The van der Waals surface area contributed by atoms with E-state index < -0.39 is 51.1 Å². The number of aromatic amines is 1. The molecule has 4 aliphatic heterocycles. The fourth-order valence-electron chi connectivity index (χ4n) is 8.69. The summed E-state index contributed by atoms with van der Waals surface area (Å²) in [6.07, 6.45) is 5.83. The second-order valence-corrected chi connectivity index (χ2v) is 17.7. The number of fused-ring (bicyclic) bond motifs is 2. The van der Waals surface area contributed by atoms with E-state index in [4.69, 9.17) is 0 Å². The Morgan fingerprint density at radius 1 is 0.983 bits per heavy atom.